The van der Waals surface area contributed by atoms with Crippen LogP contribution >= 0.6 is 0 Å². The molecular weight excluding hydrogens is 420 g/mol. The minimum absolute atomic E-state index is 0.0764. The SMILES string of the molecule is CCN(CC)S(=O)(=O)c1ccc(C(=O)OC(C)C(=O)Nc2ccc(C(C)=O)cc2)cc1. The predicted molar refractivity (Wildman–Crippen MR) is 117 cm³/mol. The van der Waals surface area contributed by atoms with Gasteiger partial charge in [0, 0.05) is 24.3 Å². The molecule has 8 nitrogen and oxygen atoms in total. The highest BCUT2D eigenvalue weighted by Gasteiger charge is 2.23. The Kier molecular flexibility index (Phi) is 8.07. The fraction of sp³-hybridized carbons (Fsp3) is 0.318. The minimum atomic E-state index is -3.63. The Hall–Kier alpha value is -3.04. The summed E-state index contributed by atoms with van der Waals surface area (Å²) in [4.78, 5) is 36.0. The van der Waals surface area contributed by atoms with Crippen LogP contribution in [0.5, 0.6) is 0 Å². The van der Waals surface area contributed by atoms with E-state index in [2.05, 4.69) is 5.32 Å². The second-order valence-electron chi connectivity index (χ2n) is 6.78. The van der Waals surface area contributed by atoms with Crippen molar-refractivity contribution in [1.29, 1.82) is 0 Å². The first kappa shape index (κ1) is 24.2. The molecule has 1 N–H and O–H groups in total. The molecule has 31 heavy (non-hydrogen) atoms. The van der Waals surface area contributed by atoms with E-state index in [1.54, 1.807) is 38.1 Å². The topological polar surface area (TPSA) is 110 Å². The third-order valence-corrected chi connectivity index (χ3v) is 6.71. The van der Waals surface area contributed by atoms with Crippen LogP contribution in [-0.4, -0.2) is 49.6 Å². The molecule has 0 aromatic heterocycles. The third kappa shape index (κ3) is 5.99. The lowest BCUT2D eigenvalue weighted by atomic mass is 10.1. The number of ketones is 1. The van der Waals surface area contributed by atoms with Gasteiger partial charge in [0.1, 0.15) is 0 Å². The molecule has 166 valence electrons. The van der Waals surface area contributed by atoms with Crippen LogP contribution in [0.25, 0.3) is 0 Å². The van der Waals surface area contributed by atoms with Crippen molar-refractivity contribution < 1.29 is 27.5 Å². The van der Waals surface area contributed by atoms with Crippen molar-refractivity contribution in [3.63, 3.8) is 0 Å². The molecule has 0 aliphatic rings. The van der Waals surface area contributed by atoms with E-state index in [1.165, 1.54) is 42.4 Å². The van der Waals surface area contributed by atoms with Gasteiger partial charge in [-0.25, -0.2) is 13.2 Å². The molecule has 0 radical (unpaired) electrons. The fourth-order valence-corrected chi connectivity index (χ4v) is 4.25. The summed E-state index contributed by atoms with van der Waals surface area (Å²) in [5, 5.41) is 2.61. The van der Waals surface area contributed by atoms with Crippen molar-refractivity contribution in [2.24, 2.45) is 0 Å². The van der Waals surface area contributed by atoms with Crippen LogP contribution < -0.4 is 5.32 Å². The van der Waals surface area contributed by atoms with Gasteiger partial charge in [-0.05, 0) is 62.4 Å². The molecule has 2 aromatic carbocycles. The first-order valence-corrected chi connectivity index (χ1v) is 11.3. The largest absolute Gasteiger partial charge is 0.449 e. The molecule has 0 aliphatic carbocycles. The molecule has 1 unspecified atom stereocenters. The number of nitrogens with zero attached hydrogens (tertiary/aromatic N) is 1. The Balaban J connectivity index is 2.02. The van der Waals surface area contributed by atoms with E-state index in [-0.39, 0.29) is 16.2 Å². The second kappa shape index (κ2) is 10.3. The zero-order valence-corrected chi connectivity index (χ0v) is 18.7. The molecule has 0 saturated carbocycles. The zero-order chi connectivity index (χ0) is 23.2. The predicted octanol–water partition coefficient (Wildman–Crippen LogP) is 3.10. The Morgan fingerprint density at radius 3 is 1.94 bits per heavy atom. The Morgan fingerprint density at radius 1 is 0.935 bits per heavy atom. The molecule has 0 spiro atoms. The number of Topliss-reactive ketones (excluding diaryl/α,β-unsaturated/α-hetero) is 1. The molecule has 0 fully saturated rings. The average Bonchev–Trinajstić information content (AvgIpc) is 2.74. The van der Waals surface area contributed by atoms with Gasteiger partial charge in [0.05, 0.1) is 10.5 Å². The van der Waals surface area contributed by atoms with Gasteiger partial charge in [-0.2, -0.15) is 4.31 Å². The number of hydrogen-bond donors (Lipinski definition) is 1. The first-order valence-electron chi connectivity index (χ1n) is 9.83. The van der Waals surface area contributed by atoms with Gasteiger partial charge in [-0.1, -0.05) is 13.8 Å². The van der Waals surface area contributed by atoms with Crippen LogP contribution in [0.4, 0.5) is 5.69 Å². The molecule has 0 bridgehead atoms. The van der Waals surface area contributed by atoms with Crippen molar-refractivity contribution in [3.05, 3.63) is 59.7 Å². The molecule has 0 saturated heterocycles. The summed E-state index contributed by atoms with van der Waals surface area (Å²) in [5.74, 6) is -1.37. The van der Waals surface area contributed by atoms with Gasteiger partial charge >= 0.3 is 5.97 Å². The monoisotopic (exact) mass is 446 g/mol. The number of carbonyl (C=O) groups is 3. The van der Waals surface area contributed by atoms with E-state index in [9.17, 15) is 22.8 Å². The molecular formula is C22H26N2O6S. The van der Waals surface area contributed by atoms with Gasteiger partial charge < -0.3 is 10.1 Å². The van der Waals surface area contributed by atoms with Crippen molar-refractivity contribution in [2.75, 3.05) is 18.4 Å². The van der Waals surface area contributed by atoms with E-state index in [4.69, 9.17) is 4.74 Å². The number of rotatable bonds is 9. The Morgan fingerprint density at radius 2 is 1.45 bits per heavy atom. The fourth-order valence-electron chi connectivity index (χ4n) is 2.79. The number of anilines is 1. The number of sulfonamides is 1. The number of amides is 1. The van der Waals surface area contributed by atoms with Gasteiger partial charge in [0.2, 0.25) is 10.0 Å². The molecule has 2 aromatic rings. The van der Waals surface area contributed by atoms with Crippen LogP contribution in [0.2, 0.25) is 0 Å². The summed E-state index contributed by atoms with van der Waals surface area (Å²) in [7, 11) is -3.63. The minimum Gasteiger partial charge on any atom is -0.449 e. The molecule has 1 atom stereocenters. The average molecular weight is 447 g/mol. The highest BCUT2D eigenvalue weighted by atomic mass is 32.2. The van der Waals surface area contributed by atoms with E-state index >= 15 is 0 Å². The third-order valence-electron chi connectivity index (χ3n) is 4.65. The standard InChI is InChI=1S/C22H26N2O6S/c1-5-24(6-2)31(28,29)20-13-9-18(10-14-20)22(27)30-16(4)21(26)23-19-11-7-17(8-12-19)15(3)25/h7-14,16H,5-6H2,1-4H3,(H,23,26). The van der Waals surface area contributed by atoms with Crippen LogP contribution in [0.3, 0.4) is 0 Å². The lowest BCUT2D eigenvalue weighted by Crippen LogP contribution is -2.31. The summed E-state index contributed by atoms with van der Waals surface area (Å²) >= 11 is 0. The highest BCUT2D eigenvalue weighted by molar-refractivity contribution is 7.89. The van der Waals surface area contributed by atoms with Crippen LogP contribution in [0, 0.1) is 0 Å². The summed E-state index contributed by atoms with van der Waals surface area (Å²) in [6.45, 7) is 7.05. The number of carbonyl (C=O) groups excluding carboxylic acids is 3. The lowest BCUT2D eigenvalue weighted by molar-refractivity contribution is -0.123. The van der Waals surface area contributed by atoms with Crippen molar-refractivity contribution in [3.8, 4) is 0 Å². The van der Waals surface area contributed by atoms with Gasteiger partial charge in [-0.15, -0.1) is 0 Å². The maximum Gasteiger partial charge on any atom is 0.338 e. The smallest absolute Gasteiger partial charge is 0.338 e. The summed E-state index contributed by atoms with van der Waals surface area (Å²) in [6, 6.07) is 11.7. The van der Waals surface area contributed by atoms with E-state index in [1.807, 2.05) is 0 Å². The van der Waals surface area contributed by atoms with E-state index in [0.717, 1.165) is 0 Å². The van der Waals surface area contributed by atoms with E-state index < -0.39 is 28.0 Å². The Bertz CT molecular complexity index is 1040. The Labute approximate surface area is 182 Å². The first-order chi connectivity index (χ1) is 14.6. The van der Waals surface area contributed by atoms with Gasteiger partial charge in [0.15, 0.2) is 11.9 Å². The maximum absolute atomic E-state index is 12.5. The number of nitrogens with one attached hydrogen (secondary N) is 1. The molecule has 9 heteroatoms. The van der Waals surface area contributed by atoms with Gasteiger partial charge in [0.25, 0.3) is 5.91 Å². The van der Waals surface area contributed by atoms with Crippen molar-refractivity contribution in [2.45, 2.75) is 38.7 Å². The summed E-state index contributed by atoms with van der Waals surface area (Å²) in [5.41, 5.74) is 1.11. The summed E-state index contributed by atoms with van der Waals surface area (Å²) in [6.07, 6.45) is -1.08. The van der Waals surface area contributed by atoms with E-state index in [0.29, 0.717) is 24.3 Å². The highest BCUT2D eigenvalue weighted by Crippen LogP contribution is 2.17. The van der Waals surface area contributed by atoms with Crippen LogP contribution in [0.15, 0.2) is 53.4 Å². The van der Waals surface area contributed by atoms with Crippen molar-refractivity contribution in [1.82, 2.24) is 4.31 Å². The lowest BCUT2D eigenvalue weighted by Gasteiger charge is -2.18. The molecule has 0 aliphatic heterocycles. The zero-order valence-electron chi connectivity index (χ0n) is 17.9. The van der Waals surface area contributed by atoms with Gasteiger partial charge in [-0.3, -0.25) is 9.59 Å². The van der Waals surface area contributed by atoms with Crippen LogP contribution in [0.1, 0.15) is 48.4 Å². The molecule has 0 heterocycles. The quantitative estimate of drug-likeness (QED) is 0.468. The number of benzene rings is 2. The molecule has 2 rings (SSSR count). The second-order valence-corrected chi connectivity index (χ2v) is 8.72. The number of ether oxygens (including phenoxy) is 1. The van der Waals surface area contributed by atoms with Crippen LogP contribution in [-0.2, 0) is 19.6 Å². The number of hydrogen-bond acceptors (Lipinski definition) is 6. The number of esters is 1. The maximum atomic E-state index is 12.5. The summed E-state index contributed by atoms with van der Waals surface area (Å²) < 4.78 is 31.5. The molecule has 1 amide bonds. The normalized spacial score (nSPS) is 12.3. The van der Waals surface area contributed by atoms with Crippen molar-refractivity contribution >= 4 is 33.4 Å².